The summed E-state index contributed by atoms with van der Waals surface area (Å²) >= 11 is 1.38. The number of hydrazine groups is 1. The molecule has 0 bridgehead atoms. The summed E-state index contributed by atoms with van der Waals surface area (Å²) in [4.78, 5) is 48.0. The fraction of sp³-hybridized carbons (Fsp3) is 0.308. The van der Waals surface area contributed by atoms with Crippen LogP contribution >= 0.6 is 11.3 Å². The standard InChI is InChI=1S/C26H26N10O3S/c1-29-26(39)34(8-7-27)35-14-22(37)36-19(10-15-5-6-18-17(9-15)11-30-32-18)24(38)33(13-21(35)36)12-16-3-2-4-20-23(16)31-25(28)40-20/h2-6,9,11,19,21H,8,10,12-14H2,1H3,(H2,28,31)(H,29,39)(H,30,32)/t19-,21+/m0/s1. The van der Waals surface area contributed by atoms with E-state index in [0.29, 0.717) is 5.13 Å². The van der Waals surface area contributed by atoms with Crippen molar-refractivity contribution in [3.8, 4) is 6.07 Å². The van der Waals surface area contributed by atoms with Gasteiger partial charge in [0.15, 0.2) is 5.13 Å². The van der Waals surface area contributed by atoms with Gasteiger partial charge < -0.3 is 20.9 Å². The van der Waals surface area contributed by atoms with Crippen molar-refractivity contribution in [2.24, 2.45) is 0 Å². The summed E-state index contributed by atoms with van der Waals surface area (Å²) in [6, 6.07) is 12.2. The molecule has 13 nitrogen and oxygen atoms in total. The van der Waals surface area contributed by atoms with Gasteiger partial charge in [-0.1, -0.05) is 29.5 Å². The third-order valence-corrected chi connectivity index (χ3v) is 8.21. The third kappa shape index (κ3) is 4.34. The number of urea groups is 1. The summed E-state index contributed by atoms with van der Waals surface area (Å²) in [7, 11) is 1.47. The van der Waals surface area contributed by atoms with Gasteiger partial charge in [0.05, 0.1) is 41.1 Å². The summed E-state index contributed by atoms with van der Waals surface area (Å²) in [5.74, 6) is -0.487. The number of nitrogens with one attached hydrogen (secondary N) is 2. The number of amides is 4. The number of nitrogen functional groups attached to an aromatic ring is 1. The number of aromatic amines is 1. The van der Waals surface area contributed by atoms with E-state index < -0.39 is 18.2 Å². The molecule has 0 aliphatic carbocycles. The Kier molecular flexibility index (Phi) is 6.45. The van der Waals surface area contributed by atoms with Crippen LogP contribution in [0.4, 0.5) is 9.93 Å². The number of hydrogen-bond acceptors (Lipinski definition) is 9. The van der Waals surface area contributed by atoms with Gasteiger partial charge in [-0.25, -0.2) is 14.8 Å². The van der Waals surface area contributed by atoms with E-state index in [1.165, 1.54) is 23.4 Å². The Labute approximate surface area is 232 Å². The first-order valence-corrected chi connectivity index (χ1v) is 13.5. The molecule has 4 heterocycles. The minimum absolute atomic E-state index is 0.129. The number of nitrogens with zero attached hydrogens (tertiary/aromatic N) is 7. The van der Waals surface area contributed by atoms with Gasteiger partial charge in [-0.2, -0.15) is 15.4 Å². The highest BCUT2D eigenvalue weighted by Gasteiger charge is 2.52. The second-order valence-corrected chi connectivity index (χ2v) is 10.8. The van der Waals surface area contributed by atoms with E-state index in [-0.39, 0.29) is 44.4 Å². The van der Waals surface area contributed by atoms with Crippen molar-refractivity contribution < 1.29 is 14.4 Å². The predicted octanol–water partition coefficient (Wildman–Crippen LogP) is 1.26. The van der Waals surface area contributed by atoms with E-state index in [2.05, 4.69) is 20.5 Å². The lowest BCUT2D eigenvalue weighted by Crippen LogP contribution is -2.66. The molecule has 2 aliphatic heterocycles. The molecular weight excluding hydrogens is 532 g/mol. The van der Waals surface area contributed by atoms with E-state index >= 15 is 0 Å². The Morgan fingerprint density at radius 2 is 2.17 bits per heavy atom. The molecule has 2 atom stereocenters. The Balaban J connectivity index is 1.38. The van der Waals surface area contributed by atoms with Gasteiger partial charge in [-0.3, -0.25) is 14.7 Å². The Hall–Kier alpha value is -4.74. The lowest BCUT2D eigenvalue weighted by Gasteiger charge is -2.46. The molecular formula is C26H26N10O3S. The van der Waals surface area contributed by atoms with Gasteiger partial charge in [0.25, 0.3) is 0 Å². The molecule has 0 spiro atoms. The average Bonchev–Trinajstić information content (AvgIpc) is 3.65. The van der Waals surface area contributed by atoms with Gasteiger partial charge in [0.1, 0.15) is 18.8 Å². The second kappa shape index (κ2) is 10.1. The molecule has 204 valence electrons. The molecule has 0 saturated carbocycles. The van der Waals surface area contributed by atoms with Crippen LogP contribution in [0.5, 0.6) is 0 Å². The summed E-state index contributed by atoms with van der Waals surface area (Å²) in [5.41, 5.74) is 9.27. The normalized spacial score (nSPS) is 19.3. The molecule has 2 aromatic carbocycles. The number of benzene rings is 2. The zero-order valence-electron chi connectivity index (χ0n) is 21.6. The zero-order chi connectivity index (χ0) is 28.0. The summed E-state index contributed by atoms with van der Waals surface area (Å²) in [5, 5.41) is 23.1. The number of aromatic nitrogens is 3. The summed E-state index contributed by atoms with van der Waals surface area (Å²) in [6.07, 6.45) is 1.35. The van der Waals surface area contributed by atoms with E-state index in [9.17, 15) is 19.6 Å². The first kappa shape index (κ1) is 25.5. The average molecular weight is 559 g/mol. The number of hydrogen-bond donors (Lipinski definition) is 3. The third-order valence-electron chi connectivity index (χ3n) is 7.36. The van der Waals surface area contributed by atoms with E-state index in [1.54, 1.807) is 21.0 Å². The molecule has 4 N–H and O–H groups in total. The van der Waals surface area contributed by atoms with Crippen LogP contribution in [0.25, 0.3) is 21.1 Å². The highest BCUT2D eigenvalue weighted by Crippen LogP contribution is 2.32. The fourth-order valence-corrected chi connectivity index (χ4v) is 6.35. The van der Waals surface area contributed by atoms with E-state index in [4.69, 9.17) is 5.73 Å². The van der Waals surface area contributed by atoms with Crippen LogP contribution in [0.3, 0.4) is 0 Å². The monoisotopic (exact) mass is 558 g/mol. The van der Waals surface area contributed by atoms with Crippen molar-refractivity contribution in [2.75, 3.05) is 32.4 Å². The molecule has 0 unspecified atom stereocenters. The van der Waals surface area contributed by atoms with Gasteiger partial charge >= 0.3 is 6.03 Å². The van der Waals surface area contributed by atoms with Crippen molar-refractivity contribution in [3.63, 3.8) is 0 Å². The largest absolute Gasteiger partial charge is 0.375 e. The second-order valence-electron chi connectivity index (χ2n) is 9.70. The zero-order valence-corrected chi connectivity index (χ0v) is 22.4. The maximum absolute atomic E-state index is 14.1. The molecule has 2 aliphatic rings. The quantitative estimate of drug-likeness (QED) is 0.297. The summed E-state index contributed by atoms with van der Waals surface area (Å²) < 4.78 is 0.920. The van der Waals surface area contributed by atoms with Crippen molar-refractivity contribution in [2.45, 2.75) is 25.2 Å². The number of piperazine rings is 1. The predicted molar refractivity (Wildman–Crippen MR) is 147 cm³/mol. The van der Waals surface area contributed by atoms with Gasteiger partial charge in [-0.05, 0) is 29.3 Å². The van der Waals surface area contributed by atoms with Crippen molar-refractivity contribution in [1.82, 2.24) is 40.3 Å². The van der Waals surface area contributed by atoms with Crippen LogP contribution in [0.15, 0.2) is 42.6 Å². The number of H-pyrrole nitrogens is 1. The van der Waals surface area contributed by atoms with Crippen LogP contribution in [-0.4, -0.2) is 91.7 Å². The number of nitriles is 1. The Bertz CT molecular complexity index is 1680. The molecule has 2 saturated heterocycles. The Morgan fingerprint density at radius 3 is 2.98 bits per heavy atom. The van der Waals surface area contributed by atoms with Crippen LogP contribution in [-0.2, 0) is 22.6 Å². The topological polar surface area (TPSA) is 168 Å². The highest BCUT2D eigenvalue weighted by molar-refractivity contribution is 7.22. The first-order chi connectivity index (χ1) is 19.4. The Morgan fingerprint density at radius 1 is 1.32 bits per heavy atom. The van der Waals surface area contributed by atoms with E-state index in [1.807, 2.05) is 42.5 Å². The maximum atomic E-state index is 14.1. The van der Waals surface area contributed by atoms with Crippen LogP contribution in [0.2, 0.25) is 0 Å². The van der Waals surface area contributed by atoms with Crippen molar-refractivity contribution in [1.29, 1.82) is 5.26 Å². The molecule has 6 rings (SSSR count). The first-order valence-electron chi connectivity index (χ1n) is 12.7. The highest BCUT2D eigenvalue weighted by atomic mass is 32.1. The molecule has 14 heteroatoms. The lowest BCUT2D eigenvalue weighted by molar-refractivity contribution is -0.157. The van der Waals surface area contributed by atoms with Crippen molar-refractivity contribution >= 4 is 55.4 Å². The van der Waals surface area contributed by atoms with Crippen LogP contribution < -0.4 is 11.1 Å². The number of carbonyl (C=O) groups is 3. The lowest BCUT2D eigenvalue weighted by atomic mass is 9.99. The molecule has 0 radical (unpaired) electrons. The molecule has 40 heavy (non-hydrogen) atoms. The SMILES string of the molecule is CNC(=O)N(CC#N)N1CC(=O)N2[C@@H](Cc3ccc4[nH]ncc4c3)C(=O)N(Cc3cccc4sc(N)nc34)C[C@@H]21. The number of thiazole rings is 1. The minimum Gasteiger partial charge on any atom is -0.375 e. The van der Waals surface area contributed by atoms with Gasteiger partial charge in [-0.15, -0.1) is 0 Å². The molecule has 2 aromatic heterocycles. The van der Waals surface area contributed by atoms with Gasteiger partial charge in [0, 0.05) is 25.4 Å². The van der Waals surface area contributed by atoms with Crippen LogP contribution in [0.1, 0.15) is 11.1 Å². The number of carbonyl (C=O) groups excluding carboxylic acids is 3. The number of para-hydroxylation sites is 1. The maximum Gasteiger partial charge on any atom is 0.332 e. The fourth-order valence-electron chi connectivity index (χ4n) is 5.56. The smallest absolute Gasteiger partial charge is 0.332 e. The minimum atomic E-state index is -0.811. The molecule has 2 fully saturated rings. The molecule has 4 aromatic rings. The number of fused-ring (bicyclic) bond motifs is 3. The number of rotatable bonds is 6. The number of nitrogens with two attached hydrogens (primary N) is 1. The van der Waals surface area contributed by atoms with Gasteiger partial charge in [0.2, 0.25) is 11.8 Å². The van der Waals surface area contributed by atoms with E-state index in [0.717, 1.165) is 32.2 Å². The van der Waals surface area contributed by atoms with Crippen molar-refractivity contribution in [3.05, 3.63) is 53.7 Å². The summed E-state index contributed by atoms with van der Waals surface area (Å²) in [6.45, 7) is 0.0266. The van der Waals surface area contributed by atoms with Crippen LogP contribution in [0, 0.1) is 11.3 Å². The number of anilines is 1. The molecule has 4 amide bonds.